The highest BCUT2D eigenvalue weighted by atomic mass is 19.4. The van der Waals surface area contributed by atoms with E-state index in [1.807, 2.05) is 6.92 Å². The van der Waals surface area contributed by atoms with Crippen LogP contribution in [0.3, 0.4) is 0 Å². The molecule has 0 saturated heterocycles. The molecule has 1 atom stereocenters. The first-order chi connectivity index (χ1) is 19.2. The molecular weight excluding hydrogens is 525 g/mol. The molecule has 4 aromatic rings. The van der Waals surface area contributed by atoms with Crippen LogP contribution in [0.1, 0.15) is 54.2 Å². The van der Waals surface area contributed by atoms with E-state index in [0.717, 1.165) is 35.9 Å². The minimum atomic E-state index is -4.55. The van der Waals surface area contributed by atoms with Gasteiger partial charge in [0.25, 0.3) is 0 Å². The van der Waals surface area contributed by atoms with Gasteiger partial charge in [-0.05, 0) is 32.3 Å². The van der Waals surface area contributed by atoms with E-state index >= 15 is 0 Å². The van der Waals surface area contributed by atoms with Crippen LogP contribution in [-0.4, -0.2) is 50.3 Å². The fraction of sp³-hybridized carbons (Fsp3) is 0.393. The number of rotatable bonds is 10. The van der Waals surface area contributed by atoms with Gasteiger partial charge in [-0.2, -0.15) is 18.2 Å². The van der Waals surface area contributed by atoms with E-state index in [4.69, 9.17) is 14.2 Å². The van der Waals surface area contributed by atoms with E-state index in [1.54, 1.807) is 44.5 Å². The Kier molecular flexibility index (Phi) is 7.70. The highest BCUT2D eigenvalue weighted by Crippen LogP contribution is 2.45. The lowest BCUT2D eigenvalue weighted by atomic mass is 10.1. The number of nitrogens with zero attached hydrogens (tertiary/aromatic N) is 6. The Morgan fingerprint density at radius 1 is 1.02 bits per heavy atom. The average molecular weight is 555 g/mol. The number of benzene rings is 1. The molecule has 1 aliphatic carbocycles. The number of ether oxygens (including phenoxy) is 3. The molecule has 1 saturated carbocycles. The smallest absolute Gasteiger partial charge is 0.434 e. The zero-order chi connectivity index (χ0) is 28.4. The molecule has 1 aliphatic rings. The summed E-state index contributed by atoms with van der Waals surface area (Å²) in [6, 6.07) is 6.70. The van der Waals surface area contributed by atoms with Crippen molar-refractivity contribution >= 4 is 0 Å². The molecule has 12 heteroatoms. The number of aryl methyl sites for hydroxylation is 1. The summed E-state index contributed by atoms with van der Waals surface area (Å²) in [5.41, 5.74) is 2.69. The standard InChI is InChI=1S/C28H29F3N6O3/c1-16-11-32-24(22-23(19-9-10-19)33-15-34-27(22)39-4)36-26(16)40-14-18-5-7-20(8-6-18)25-35-21(28(29,30)31)12-37(25)17(2)13-38-3/h5-8,11-12,15,17,19H,9-10,13-14H2,1-4H3/t17-/m1/s1. The summed E-state index contributed by atoms with van der Waals surface area (Å²) in [5, 5.41) is 0. The number of alkyl halides is 3. The van der Waals surface area contributed by atoms with Crippen molar-refractivity contribution in [3.8, 4) is 34.5 Å². The number of methoxy groups -OCH3 is 2. The molecule has 1 aromatic carbocycles. The summed E-state index contributed by atoms with van der Waals surface area (Å²) >= 11 is 0. The van der Waals surface area contributed by atoms with Gasteiger partial charge in [0.1, 0.15) is 24.3 Å². The Morgan fingerprint density at radius 2 is 1.77 bits per heavy atom. The van der Waals surface area contributed by atoms with Crippen LogP contribution in [0, 0.1) is 6.92 Å². The van der Waals surface area contributed by atoms with Crippen molar-refractivity contribution in [3.63, 3.8) is 0 Å². The molecule has 3 heterocycles. The minimum Gasteiger partial charge on any atom is -0.480 e. The lowest BCUT2D eigenvalue weighted by Gasteiger charge is -2.16. The van der Waals surface area contributed by atoms with Gasteiger partial charge in [0.15, 0.2) is 11.5 Å². The van der Waals surface area contributed by atoms with Gasteiger partial charge in [0, 0.05) is 36.5 Å². The van der Waals surface area contributed by atoms with Crippen molar-refractivity contribution in [2.24, 2.45) is 0 Å². The molecule has 0 aliphatic heterocycles. The maximum Gasteiger partial charge on any atom is 0.434 e. The summed E-state index contributed by atoms with van der Waals surface area (Å²) in [6.07, 6.45) is 1.73. The third kappa shape index (κ3) is 5.76. The lowest BCUT2D eigenvalue weighted by molar-refractivity contribution is -0.140. The molecule has 0 unspecified atom stereocenters. The summed E-state index contributed by atoms with van der Waals surface area (Å²) in [5.74, 6) is 1.79. The number of imidazole rings is 1. The first kappa shape index (κ1) is 27.5. The minimum absolute atomic E-state index is 0.192. The molecule has 0 N–H and O–H groups in total. The number of aromatic nitrogens is 6. The molecule has 0 amide bonds. The summed E-state index contributed by atoms with van der Waals surface area (Å²) in [6.45, 7) is 4.07. The van der Waals surface area contributed by atoms with E-state index in [1.165, 1.54) is 18.0 Å². The van der Waals surface area contributed by atoms with Crippen molar-refractivity contribution in [3.05, 3.63) is 65.5 Å². The number of hydrogen-bond acceptors (Lipinski definition) is 8. The lowest BCUT2D eigenvalue weighted by Crippen LogP contribution is -2.11. The van der Waals surface area contributed by atoms with Crippen molar-refractivity contribution in [1.29, 1.82) is 0 Å². The van der Waals surface area contributed by atoms with Gasteiger partial charge in [-0.1, -0.05) is 24.3 Å². The van der Waals surface area contributed by atoms with Crippen LogP contribution < -0.4 is 9.47 Å². The van der Waals surface area contributed by atoms with Gasteiger partial charge >= 0.3 is 6.18 Å². The van der Waals surface area contributed by atoms with Crippen molar-refractivity contribution in [2.75, 3.05) is 20.8 Å². The van der Waals surface area contributed by atoms with E-state index in [9.17, 15) is 13.2 Å². The molecule has 1 fully saturated rings. The van der Waals surface area contributed by atoms with E-state index < -0.39 is 11.9 Å². The highest BCUT2D eigenvalue weighted by Gasteiger charge is 2.35. The number of hydrogen-bond donors (Lipinski definition) is 0. The average Bonchev–Trinajstić information content (AvgIpc) is 3.69. The quantitative estimate of drug-likeness (QED) is 0.243. The summed E-state index contributed by atoms with van der Waals surface area (Å²) < 4.78 is 58.4. The van der Waals surface area contributed by atoms with Crippen LogP contribution in [-0.2, 0) is 17.5 Å². The second kappa shape index (κ2) is 11.2. The van der Waals surface area contributed by atoms with Crippen LogP contribution in [0.2, 0.25) is 0 Å². The molecule has 210 valence electrons. The zero-order valence-corrected chi connectivity index (χ0v) is 22.6. The fourth-order valence-corrected chi connectivity index (χ4v) is 4.41. The van der Waals surface area contributed by atoms with Crippen LogP contribution in [0.15, 0.2) is 43.0 Å². The normalized spacial score (nSPS) is 14.3. The molecule has 9 nitrogen and oxygen atoms in total. The largest absolute Gasteiger partial charge is 0.480 e. The molecule has 40 heavy (non-hydrogen) atoms. The third-order valence-electron chi connectivity index (χ3n) is 6.64. The summed E-state index contributed by atoms with van der Waals surface area (Å²) in [4.78, 5) is 21.7. The Hall–Kier alpha value is -4.06. The molecule has 5 rings (SSSR count). The predicted octanol–water partition coefficient (Wildman–Crippen LogP) is 5.80. The molecule has 0 spiro atoms. The van der Waals surface area contributed by atoms with Crippen molar-refractivity contribution < 1.29 is 27.4 Å². The second-order valence-electron chi connectivity index (χ2n) is 9.74. The van der Waals surface area contributed by atoms with E-state index in [0.29, 0.717) is 34.6 Å². The van der Waals surface area contributed by atoms with Crippen LogP contribution in [0.5, 0.6) is 11.8 Å². The van der Waals surface area contributed by atoms with Gasteiger partial charge in [-0.3, -0.25) is 0 Å². The van der Waals surface area contributed by atoms with E-state index in [2.05, 4.69) is 24.9 Å². The maximum atomic E-state index is 13.4. The molecule has 0 bridgehead atoms. The van der Waals surface area contributed by atoms with Crippen LogP contribution in [0.25, 0.3) is 22.8 Å². The second-order valence-corrected chi connectivity index (χ2v) is 9.74. The van der Waals surface area contributed by atoms with Crippen LogP contribution >= 0.6 is 0 Å². The Labute approximate surface area is 229 Å². The van der Waals surface area contributed by atoms with Gasteiger partial charge in [-0.25, -0.2) is 19.9 Å². The molecule has 3 aromatic heterocycles. The molecule has 0 radical (unpaired) electrons. The first-order valence-corrected chi connectivity index (χ1v) is 12.8. The maximum absolute atomic E-state index is 13.4. The van der Waals surface area contributed by atoms with Crippen molar-refractivity contribution in [1.82, 2.24) is 29.5 Å². The zero-order valence-electron chi connectivity index (χ0n) is 22.6. The fourth-order valence-electron chi connectivity index (χ4n) is 4.41. The van der Waals surface area contributed by atoms with Gasteiger partial charge in [0.05, 0.1) is 25.5 Å². The summed E-state index contributed by atoms with van der Waals surface area (Å²) in [7, 11) is 3.05. The van der Waals surface area contributed by atoms with E-state index in [-0.39, 0.29) is 25.1 Å². The number of halogens is 3. The van der Waals surface area contributed by atoms with Gasteiger partial charge in [0.2, 0.25) is 11.8 Å². The Bertz CT molecular complexity index is 1490. The van der Waals surface area contributed by atoms with Crippen LogP contribution in [0.4, 0.5) is 13.2 Å². The highest BCUT2D eigenvalue weighted by molar-refractivity contribution is 5.66. The van der Waals surface area contributed by atoms with Crippen molar-refractivity contribution in [2.45, 2.75) is 51.4 Å². The monoisotopic (exact) mass is 554 g/mol. The Balaban J connectivity index is 1.37. The van der Waals surface area contributed by atoms with Gasteiger partial charge in [-0.15, -0.1) is 0 Å². The third-order valence-corrected chi connectivity index (χ3v) is 6.64. The first-order valence-electron chi connectivity index (χ1n) is 12.8. The Morgan fingerprint density at radius 3 is 2.42 bits per heavy atom. The SMILES string of the molecule is COC[C@@H](C)n1cc(C(F)(F)F)nc1-c1ccc(COc2nc(-c3c(OC)ncnc3C3CC3)ncc2C)cc1. The predicted molar refractivity (Wildman–Crippen MR) is 140 cm³/mol. The van der Waals surface area contributed by atoms with Gasteiger partial charge < -0.3 is 18.8 Å². The molecular formula is C28H29F3N6O3. The topological polar surface area (TPSA) is 97.1 Å².